The van der Waals surface area contributed by atoms with Crippen molar-refractivity contribution in [1.82, 2.24) is 5.32 Å². The highest BCUT2D eigenvalue weighted by Crippen LogP contribution is 2.11. The highest BCUT2D eigenvalue weighted by molar-refractivity contribution is 5.34. The standard InChI is InChI=1S/C16H24N2O2/c1-3-13(4-2)10-18-11-15(19)12-20-16-7-5-14(9-17)6-8-16/h5-8,13,15,18-19H,3-4,10-12H2,1-2H3. The Morgan fingerprint density at radius 2 is 1.85 bits per heavy atom. The summed E-state index contributed by atoms with van der Waals surface area (Å²) in [6.07, 6.45) is 1.78. The minimum absolute atomic E-state index is 0.252. The summed E-state index contributed by atoms with van der Waals surface area (Å²) < 4.78 is 5.48. The lowest BCUT2D eigenvalue weighted by Crippen LogP contribution is -2.34. The van der Waals surface area contributed by atoms with E-state index in [4.69, 9.17) is 10.00 Å². The summed E-state index contributed by atoms with van der Waals surface area (Å²) in [5, 5.41) is 21.8. The largest absolute Gasteiger partial charge is 0.491 e. The van der Waals surface area contributed by atoms with Crippen LogP contribution in [0.2, 0.25) is 0 Å². The normalized spacial score (nSPS) is 12.2. The van der Waals surface area contributed by atoms with E-state index in [0.717, 1.165) is 19.4 Å². The molecule has 0 aliphatic heterocycles. The van der Waals surface area contributed by atoms with Crippen LogP contribution in [0.15, 0.2) is 24.3 Å². The van der Waals surface area contributed by atoms with Crippen LogP contribution in [0.4, 0.5) is 0 Å². The predicted octanol–water partition coefficient (Wildman–Crippen LogP) is 2.32. The molecule has 0 spiro atoms. The summed E-state index contributed by atoms with van der Waals surface area (Å²) >= 11 is 0. The van der Waals surface area contributed by atoms with E-state index in [1.54, 1.807) is 24.3 Å². The number of benzene rings is 1. The average molecular weight is 276 g/mol. The molecule has 1 rings (SSSR count). The summed E-state index contributed by atoms with van der Waals surface area (Å²) in [5.74, 6) is 1.34. The molecule has 0 heterocycles. The third-order valence-corrected chi connectivity index (χ3v) is 3.39. The number of ether oxygens (including phenoxy) is 1. The fourth-order valence-electron chi connectivity index (χ4n) is 1.91. The zero-order valence-corrected chi connectivity index (χ0v) is 12.3. The monoisotopic (exact) mass is 276 g/mol. The van der Waals surface area contributed by atoms with Gasteiger partial charge in [0.1, 0.15) is 18.5 Å². The molecular weight excluding hydrogens is 252 g/mol. The molecule has 1 aromatic rings. The van der Waals surface area contributed by atoms with E-state index in [9.17, 15) is 5.11 Å². The Kier molecular flexibility index (Phi) is 7.71. The number of rotatable bonds is 9. The quantitative estimate of drug-likeness (QED) is 0.726. The fraction of sp³-hybridized carbons (Fsp3) is 0.562. The average Bonchev–Trinajstić information content (AvgIpc) is 2.50. The Morgan fingerprint density at radius 1 is 1.20 bits per heavy atom. The molecular formula is C16H24N2O2. The van der Waals surface area contributed by atoms with Gasteiger partial charge in [-0.2, -0.15) is 5.26 Å². The third kappa shape index (κ3) is 6.05. The molecule has 110 valence electrons. The van der Waals surface area contributed by atoms with Crippen molar-refractivity contribution < 1.29 is 9.84 Å². The molecule has 0 radical (unpaired) electrons. The van der Waals surface area contributed by atoms with Gasteiger partial charge in [-0.3, -0.25) is 0 Å². The maximum atomic E-state index is 9.83. The van der Waals surface area contributed by atoms with Crippen LogP contribution in [-0.2, 0) is 0 Å². The number of nitrogens with zero attached hydrogens (tertiary/aromatic N) is 1. The van der Waals surface area contributed by atoms with E-state index in [1.807, 2.05) is 0 Å². The van der Waals surface area contributed by atoms with Crippen LogP contribution in [0.25, 0.3) is 0 Å². The molecule has 0 fully saturated rings. The molecule has 0 aliphatic rings. The van der Waals surface area contributed by atoms with Crippen LogP contribution in [0.3, 0.4) is 0 Å². The first kappa shape index (κ1) is 16.5. The number of aliphatic hydroxyl groups is 1. The Hall–Kier alpha value is -1.57. The van der Waals surface area contributed by atoms with Gasteiger partial charge in [0.15, 0.2) is 0 Å². The fourth-order valence-corrected chi connectivity index (χ4v) is 1.91. The molecule has 0 aliphatic carbocycles. The van der Waals surface area contributed by atoms with Crippen molar-refractivity contribution in [1.29, 1.82) is 5.26 Å². The van der Waals surface area contributed by atoms with Crippen molar-refractivity contribution in [2.24, 2.45) is 5.92 Å². The second-order valence-electron chi connectivity index (χ2n) is 4.94. The molecule has 20 heavy (non-hydrogen) atoms. The molecule has 1 aromatic carbocycles. The molecule has 0 aromatic heterocycles. The van der Waals surface area contributed by atoms with E-state index in [2.05, 4.69) is 25.2 Å². The highest BCUT2D eigenvalue weighted by atomic mass is 16.5. The molecule has 1 unspecified atom stereocenters. The van der Waals surface area contributed by atoms with Gasteiger partial charge >= 0.3 is 0 Å². The topological polar surface area (TPSA) is 65.3 Å². The van der Waals surface area contributed by atoms with Crippen LogP contribution >= 0.6 is 0 Å². The number of nitriles is 1. The van der Waals surface area contributed by atoms with Gasteiger partial charge in [0, 0.05) is 6.54 Å². The summed E-state index contributed by atoms with van der Waals surface area (Å²) in [6, 6.07) is 8.93. The lowest BCUT2D eigenvalue weighted by molar-refractivity contribution is 0.105. The summed E-state index contributed by atoms with van der Waals surface area (Å²) in [6.45, 7) is 6.08. The predicted molar refractivity (Wildman–Crippen MR) is 79.6 cm³/mol. The number of hydrogen-bond acceptors (Lipinski definition) is 4. The minimum Gasteiger partial charge on any atom is -0.491 e. The molecule has 0 amide bonds. The molecule has 1 atom stereocenters. The molecule has 0 saturated carbocycles. The van der Waals surface area contributed by atoms with Gasteiger partial charge in [-0.15, -0.1) is 0 Å². The molecule has 0 bridgehead atoms. The lowest BCUT2D eigenvalue weighted by Gasteiger charge is -2.16. The molecule has 2 N–H and O–H groups in total. The van der Waals surface area contributed by atoms with Crippen LogP contribution in [0.1, 0.15) is 32.3 Å². The Morgan fingerprint density at radius 3 is 2.40 bits per heavy atom. The Balaban J connectivity index is 2.22. The first-order valence-electron chi connectivity index (χ1n) is 7.21. The minimum atomic E-state index is -0.528. The Bertz CT molecular complexity index is 407. The van der Waals surface area contributed by atoms with E-state index < -0.39 is 6.10 Å². The van der Waals surface area contributed by atoms with Gasteiger partial charge in [-0.1, -0.05) is 26.7 Å². The first-order valence-corrected chi connectivity index (χ1v) is 7.21. The van der Waals surface area contributed by atoms with Gasteiger partial charge in [-0.25, -0.2) is 0 Å². The van der Waals surface area contributed by atoms with Crippen LogP contribution < -0.4 is 10.1 Å². The van der Waals surface area contributed by atoms with E-state index in [0.29, 0.717) is 23.8 Å². The van der Waals surface area contributed by atoms with Crippen molar-refractivity contribution in [3.05, 3.63) is 29.8 Å². The van der Waals surface area contributed by atoms with Gasteiger partial charge in [0.25, 0.3) is 0 Å². The van der Waals surface area contributed by atoms with E-state index in [-0.39, 0.29) is 6.61 Å². The first-order chi connectivity index (χ1) is 9.69. The SMILES string of the molecule is CCC(CC)CNCC(O)COc1ccc(C#N)cc1. The molecule has 4 nitrogen and oxygen atoms in total. The summed E-state index contributed by atoms with van der Waals surface area (Å²) in [4.78, 5) is 0. The van der Waals surface area contributed by atoms with Crippen LogP contribution in [0, 0.1) is 17.2 Å². The van der Waals surface area contributed by atoms with Crippen molar-refractivity contribution >= 4 is 0 Å². The maximum absolute atomic E-state index is 9.83. The number of hydrogen-bond donors (Lipinski definition) is 2. The molecule has 0 saturated heterocycles. The summed E-state index contributed by atoms with van der Waals surface area (Å²) in [7, 11) is 0. The highest BCUT2D eigenvalue weighted by Gasteiger charge is 2.07. The smallest absolute Gasteiger partial charge is 0.119 e. The van der Waals surface area contributed by atoms with Crippen LogP contribution in [-0.4, -0.2) is 30.9 Å². The molecule has 4 heteroatoms. The zero-order valence-electron chi connectivity index (χ0n) is 12.3. The number of aliphatic hydroxyl groups excluding tert-OH is 1. The van der Waals surface area contributed by atoms with Crippen molar-refractivity contribution in [3.63, 3.8) is 0 Å². The van der Waals surface area contributed by atoms with E-state index >= 15 is 0 Å². The van der Waals surface area contributed by atoms with Crippen molar-refractivity contribution in [2.75, 3.05) is 19.7 Å². The zero-order chi connectivity index (χ0) is 14.8. The maximum Gasteiger partial charge on any atom is 0.119 e. The van der Waals surface area contributed by atoms with Gasteiger partial charge in [-0.05, 0) is 36.7 Å². The summed E-state index contributed by atoms with van der Waals surface area (Å²) in [5.41, 5.74) is 0.602. The van der Waals surface area contributed by atoms with Crippen LogP contribution in [0.5, 0.6) is 5.75 Å². The second kappa shape index (κ2) is 9.35. The van der Waals surface area contributed by atoms with E-state index in [1.165, 1.54) is 0 Å². The third-order valence-electron chi connectivity index (χ3n) is 3.39. The van der Waals surface area contributed by atoms with Crippen molar-refractivity contribution in [2.45, 2.75) is 32.8 Å². The van der Waals surface area contributed by atoms with Gasteiger partial charge in [0.2, 0.25) is 0 Å². The van der Waals surface area contributed by atoms with Gasteiger partial charge < -0.3 is 15.2 Å². The Labute approximate surface area is 121 Å². The van der Waals surface area contributed by atoms with Crippen molar-refractivity contribution in [3.8, 4) is 11.8 Å². The second-order valence-corrected chi connectivity index (χ2v) is 4.94. The van der Waals surface area contributed by atoms with Gasteiger partial charge in [0.05, 0.1) is 11.6 Å². The number of nitrogens with one attached hydrogen (secondary N) is 1. The lowest BCUT2D eigenvalue weighted by atomic mass is 10.0.